The van der Waals surface area contributed by atoms with Gasteiger partial charge in [0.2, 0.25) is 5.91 Å². The number of aryl methyl sites for hydroxylation is 2. The first-order valence-electron chi connectivity index (χ1n) is 6.01. The van der Waals surface area contributed by atoms with E-state index in [0.29, 0.717) is 13.0 Å². The third-order valence-electron chi connectivity index (χ3n) is 2.70. The number of nitrogens with one attached hydrogen (secondary N) is 1. The summed E-state index contributed by atoms with van der Waals surface area (Å²) in [4.78, 5) is 11.8. The Bertz CT molecular complexity index is 543. The first kappa shape index (κ1) is 12.4. The maximum absolute atomic E-state index is 11.8. The molecule has 0 unspecified atom stereocenters. The second kappa shape index (κ2) is 5.54. The van der Waals surface area contributed by atoms with E-state index in [1.807, 2.05) is 50.2 Å². The van der Waals surface area contributed by atoms with Crippen LogP contribution in [0.25, 0.3) is 0 Å². The lowest BCUT2D eigenvalue weighted by atomic mass is 10.1. The molecule has 0 aliphatic carbocycles. The van der Waals surface area contributed by atoms with Crippen molar-refractivity contribution in [2.24, 2.45) is 0 Å². The SMILES string of the molecule is Cc1cccc(CC(=O)NCc2ccc(C)o2)c1. The van der Waals surface area contributed by atoms with E-state index in [1.165, 1.54) is 5.56 Å². The average molecular weight is 243 g/mol. The standard InChI is InChI=1S/C15H17NO2/c1-11-4-3-5-13(8-11)9-15(17)16-10-14-7-6-12(2)18-14/h3-8H,9-10H2,1-2H3,(H,16,17). The van der Waals surface area contributed by atoms with Crippen LogP contribution in [0.15, 0.2) is 40.8 Å². The maximum Gasteiger partial charge on any atom is 0.224 e. The Morgan fingerprint density at radius 1 is 1.22 bits per heavy atom. The van der Waals surface area contributed by atoms with Gasteiger partial charge in [0.1, 0.15) is 11.5 Å². The average Bonchev–Trinajstić information content (AvgIpc) is 2.73. The number of carbonyl (C=O) groups is 1. The van der Waals surface area contributed by atoms with Crippen LogP contribution in [0.4, 0.5) is 0 Å². The summed E-state index contributed by atoms with van der Waals surface area (Å²) in [6.45, 7) is 4.35. The van der Waals surface area contributed by atoms with Crippen LogP contribution in [0.2, 0.25) is 0 Å². The Balaban J connectivity index is 1.85. The minimum atomic E-state index is 0.00894. The molecule has 18 heavy (non-hydrogen) atoms. The molecule has 3 heteroatoms. The summed E-state index contributed by atoms with van der Waals surface area (Å²) in [6.07, 6.45) is 0.404. The van der Waals surface area contributed by atoms with Gasteiger partial charge in [0.25, 0.3) is 0 Å². The van der Waals surface area contributed by atoms with Gasteiger partial charge in [0.15, 0.2) is 0 Å². The quantitative estimate of drug-likeness (QED) is 0.897. The third-order valence-corrected chi connectivity index (χ3v) is 2.70. The Kier molecular flexibility index (Phi) is 3.82. The van der Waals surface area contributed by atoms with Gasteiger partial charge in [-0.15, -0.1) is 0 Å². The number of amides is 1. The van der Waals surface area contributed by atoms with Crippen LogP contribution < -0.4 is 5.32 Å². The van der Waals surface area contributed by atoms with Crippen molar-refractivity contribution in [2.45, 2.75) is 26.8 Å². The molecule has 0 fully saturated rings. The lowest BCUT2D eigenvalue weighted by molar-refractivity contribution is -0.120. The van der Waals surface area contributed by atoms with Crippen LogP contribution in [0.1, 0.15) is 22.6 Å². The first-order valence-corrected chi connectivity index (χ1v) is 6.01. The highest BCUT2D eigenvalue weighted by Gasteiger charge is 2.05. The molecule has 0 bridgehead atoms. The molecule has 1 aromatic heterocycles. The van der Waals surface area contributed by atoms with Gasteiger partial charge in [-0.2, -0.15) is 0 Å². The zero-order chi connectivity index (χ0) is 13.0. The van der Waals surface area contributed by atoms with Crippen LogP contribution in [-0.2, 0) is 17.8 Å². The van der Waals surface area contributed by atoms with Crippen LogP contribution in [0.3, 0.4) is 0 Å². The van der Waals surface area contributed by atoms with Gasteiger partial charge >= 0.3 is 0 Å². The Morgan fingerprint density at radius 2 is 2.06 bits per heavy atom. The van der Waals surface area contributed by atoms with Crippen molar-refractivity contribution in [1.29, 1.82) is 0 Å². The molecule has 0 atom stereocenters. The summed E-state index contributed by atoms with van der Waals surface area (Å²) in [7, 11) is 0. The van der Waals surface area contributed by atoms with Crippen LogP contribution >= 0.6 is 0 Å². The van der Waals surface area contributed by atoms with Crippen molar-refractivity contribution in [3.63, 3.8) is 0 Å². The molecule has 0 saturated carbocycles. The predicted octanol–water partition coefficient (Wildman–Crippen LogP) is 2.76. The summed E-state index contributed by atoms with van der Waals surface area (Å²) in [5.74, 6) is 1.65. The van der Waals surface area contributed by atoms with Gasteiger partial charge in [0.05, 0.1) is 13.0 Å². The van der Waals surface area contributed by atoms with E-state index in [-0.39, 0.29) is 5.91 Å². The number of hydrogen-bond donors (Lipinski definition) is 1. The number of furan rings is 1. The molecule has 0 aliphatic rings. The third kappa shape index (κ3) is 3.48. The van der Waals surface area contributed by atoms with E-state index in [4.69, 9.17) is 4.42 Å². The molecular weight excluding hydrogens is 226 g/mol. The van der Waals surface area contributed by atoms with Crippen LogP contribution in [-0.4, -0.2) is 5.91 Å². The number of benzene rings is 1. The van der Waals surface area contributed by atoms with Gasteiger partial charge in [-0.3, -0.25) is 4.79 Å². The van der Waals surface area contributed by atoms with Crippen LogP contribution in [0, 0.1) is 13.8 Å². The molecule has 94 valence electrons. The summed E-state index contributed by atoms with van der Waals surface area (Å²) < 4.78 is 5.39. The molecule has 1 heterocycles. The van der Waals surface area contributed by atoms with Crippen molar-refractivity contribution < 1.29 is 9.21 Å². The summed E-state index contributed by atoms with van der Waals surface area (Å²) in [6, 6.07) is 11.7. The Hall–Kier alpha value is -2.03. The van der Waals surface area contributed by atoms with E-state index in [2.05, 4.69) is 5.32 Å². The second-order valence-corrected chi connectivity index (χ2v) is 4.45. The molecule has 1 N–H and O–H groups in total. The van der Waals surface area contributed by atoms with Gasteiger partial charge in [0, 0.05) is 0 Å². The molecular formula is C15H17NO2. The molecule has 2 aromatic rings. The Labute approximate surface area is 107 Å². The highest BCUT2D eigenvalue weighted by Crippen LogP contribution is 2.07. The maximum atomic E-state index is 11.8. The lowest BCUT2D eigenvalue weighted by Crippen LogP contribution is -2.24. The fourth-order valence-electron chi connectivity index (χ4n) is 1.84. The molecule has 1 amide bonds. The van der Waals surface area contributed by atoms with Crippen molar-refractivity contribution in [3.8, 4) is 0 Å². The number of rotatable bonds is 4. The van der Waals surface area contributed by atoms with E-state index < -0.39 is 0 Å². The summed E-state index contributed by atoms with van der Waals surface area (Å²) in [5, 5.41) is 2.85. The summed E-state index contributed by atoms with van der Waals surface area (Å²) >= 11 is 0. The predicted molar refractivity (Wildman–Crippen MR) is 70.2 cm³/mol. The van der Waals surface area contributed by atoms with E-state index in [9.17, 15) is 4.79 Å². The molecule has 3 nitrogen and oxygen atoms in total. The minimum Gasteiger partial charge on any atom is -0.465 e. The monoisotopic (exact) mass is 243 g/mol. The second-order valence-electron chi connectivity index (χ2n) is 4.45. The fraction of sp³-hybridized carbons (Fsp3) is 0.267. The molecule has 0 radical (unpaired) electrons. The van der Waals surface area contributed by atoms with Gasteiger partial charge in [-0.25, -0.2) is 0 Å². The highest BCUT2D eigenvalue weighted by atomic mass is 16.3. The first-order chi connectivity index (χ1) is 8.63. The molecule has 0 saturated heterocycles. The molecule has 2 rings (SSSR count). The normalized spacial score (nSPS) is 10.3. The zero-order valence-corrected chi connectivity index (χ0v) is 10.7. The topological polar surface area (TPSA) is 42.2 Å². The zero-order valence-electron chi connectivity index (χ0n) is 10.7. The number of carbonyl (C=O) groups excluding carboxylic acids is 1. The van der Waals surface area contributed by atoms with E-state index in [1.54, 1.807) is 0 Å². The van der Waals surface area contributed by atoms with Crippen molar-refractivity contribution in [3.05, 3.63) is 59.0 Å². The number of hydrogen-bond acceptors (Lipinski definition) is 2. The van der Waals surface area contributed by atoms with E-state index in [0.717, 1.165) is 17.1 Å². The lowest BCUT2D eigenvalue weighted by Gasteiger charge is -2.04. The molecule has 1 aromatic carbocycles. The van der Waals surface area contributed by atoms with Crippen molar-refractivity contribution in [2.75, 3.05) is 0 Å². The largest absolute Gasteiger partial charge is 0.465 e. The summed E-state index contributed by atoms with van der Waals surface area (Å²) in [5.41, 5.74) is 2.20. The van der Waals surface area contributed by atoms with Gasteiger partial charge in [-0.05, 0) is 31.5 Å². The van der Waals surface area contributed by atoms with Gasteiger partial charge in [-0.1, -0.05) is 29.8 Å². The minimum absolute atomic E-state index is 0.00894. The Morgan fingerprint density at radius 3 is 2.72 bits per heavy atom. The van der Waals surface area contributed by atoms with Crippen LogP contribution in [0.5, 0.6) is 0 Å². The molecule has 0 spiro atoms. The van der Waals surface area contributed by atoms with Crippen molar-refractivity contribution >= 4 is 5.91 Å². The van der Waals surface area contributed by atoms with Gasteiger partial charge < -0.3 is 9.73 Å². The fourth-order valence-corrected chi connectivity index (χ4v) is 1.84. The molecule has 0 aliphatic heterocycles. The van der Waals surface area contributed by atoms with E-state index >= 15 is 0 Å². The smallest absolute Gasteiger partial charge is 0.224 e. The van der Waals surface area contributed by atoms with Crippen molar-refractivity contribution in [1.82, 2.24) is 5.32 Å². The highest BCUT2D eigenvalue weighted by molar-refractivity contribution is 5.78.